The van der Waals surface area contributed by atoms with Crippen molar-refractivity contribution < 1.29 is 23.8 Å². The fourth-order valence-electron chi connectivity index (χ4n) is 6.15. The van der Waals surface area contributed by atoms with Gasteiger partial charge in [-0.15, -0.1) is 0 Å². The summed E-state index contributed by atoms with van der Waals surface area (Å²) in [6.07, 6.45) is 1.45. The smallest absolute Gasteiger partial charge is 0.306 e. The van der Waals surface area contributed by atoms with Gasteiger partial charge in [-0.2, -0.15) is 0 Å². The second-order valence-corrected chi connectivity index (χ2v) is 11.0. The van der Waals surface area contributed by atoms with Gasteiger partial charge in [0.25, 0.3) is 0 Å². The first kappa shape index (κ1) is 23.7. The first-order valence-corrected chi connectivity index (χ1v) is 12.7. The fourth-order valence-corrected chi connectivity index (χ4v) is 6.15. The molecule has 6 heteroatoms. The van der Waals surface area contributed by atoms with Crippen LogP contribution in [-0.2, 0) is 28.2 Å². The van der Waals surface area contributed by atoms with Gasteiger partial charge in [-0.25, -0.2) is 4.39 Å². The van der Waals surface area contributed by atoms with E-state index >= 15 is 0 Å². The van der Waals surface area contributed by atoms with Crippen LogP contribution in [0.25, 0.3) is 16.6 Å². The Morgan fingerprint density at radius 1 is 1.11 bits per heavy atom. The Bertz CT molecular complexity index is 1520. The molecule has 0 unspecified atom stereocenters. The Hall–Kier alpha value is -3.64. The van der Waals surface area contributed by atoms with Crippen LogP contribution in [0.15, 0.2) is 66.7 Å². The summed E-state index contributed by atoms with van der Waals surface area (Å²) >= 11 is 0. The van der Waals surface area contributed by atoms with Crippen molar-refractivity contribution in [2.75, 3.05) is 0 Å². The minimum atomic E-state index is -0.794. The summed E-state index contributed by atoms with van der Waals surface area (Å²) in [6.45, 7) is 6.28. The zero-order valence-corrected chi connectivity index (χ0v) is 21.3. The highest BCUT2D eigenvalue weighted by Gasteiger charge is 2.57. The van der Waals surface area contributed by atoms with Gasteiger partial charge in [0.1, 0.15) is 18.2 Å². The fraction of sp³-hybridized carbons (Fsp3) is 0.323. The van der Waals surface area contributed by atoms with E-state index in [0.717, 1.165) is 39.2 Å². The van der Waals surface area contributed by atoms with Gasteiger partial charge in [0.2, 0.25) is 0 Å². The molecule has 0 radical (unpaired) electrons. The molecule has 0 bridgehead atoms. The number of benzene rings is 3. The molecule has 1 spiro atoms. The van der Waals surface area contributed by atoms with E-state index in [0.29, 0.717) is 31.4 Å². The van der Waals surface area contributed by atoms with Crippen molar-refractivity contribution in [2.45, 2.75) is 57.8 Å². The number of hydrogen-bond acceptors (Lipinski definition) is 3. The van der Waals surface area contributed by atoms with Crippen molar-refractivity contribution in [3.63, 3.8) is 0 Å². The van der Waals surface area contributed by atoms with Crippen molar-refractivity contribution >= 4 is 16.9 Å². The number of aryl methyl sites for hydroxylation is 1. The molecular formula is C31H30FNO4. The second kappa shape index (κ2) is 8.45. The molecule has 0 atom stereocenters. The van der Waals surface area contributed by atoms with Gasteiger partial charge in [-0.3, -0.25) is 4.79 Å². The zero-order valence-electron chi connectivity index (χ0n) is 21.3. The van der Waals surface area contributed by atoms with E-state index in [4.69, 9.17) is 9.47 Å². The molecule has 1 aromatic heterocycles. The molecule has 4 aromatic rings. The topological polar surface area (TPSA) is 60.7 Å². The van der Waals surface area contributed by atoms with Crippen LogP contribution in [0.5, 0.6) is 5.75 Å². The van der Waals surface area contributed by atoms with E-state index in [1.807, 2.05) is 48.5 Å². The summed E-state index contributed by atoms with van der Waals surface area (Å²) in [7, 11) is 0. The van der Waals surface area contributed by atoms with Crippen molar-refractivity contribution in [1.82, 2.24) is 4.57 Å². The Labute approximate surface area is 215 Å². The molecule has 1 aliphatic carbocycles. The number of carbonyl (C=O) groups is 1. The molecule has 0 amide bonds. The lowest BCUT2D eigenvalue weighted by Gasteiger charge is -2.53. The normalized spacial score (nSPS) is 22.0. The van der Waals surface area contributed by atoms with Gasteiger partial charge in [0.05, 0.1) is 22.6 Å². The van der Waals surface area contributed by atoms with Crippen LogP contribution < -0.4 is 4.74 Å². The maximum Gasteiger partial charge on any atom is 0.306 e. The number of hydrogen-bond donors (Lipinski definition) is 1. The standard InChI is InChI=1S/C31H30FNO4/c1-19-14-22(12-13-23(19)32)33-24-10-7-11-26(36-18-20-8-5-4-6-9-20)27(24)28-25(33)17-30(2,3)37-31(28)15-21(16-31)29(34)35/h4-14,21H,15-18H2,1-3H3,(H,34,35)/t21-,31+. The minimum Gasteiger partial charge on any atom is -0.488 e. The number of ether oxygens (including phenoxy) is 2. The van der Waals surface area contributed by atoms with E-state index in [1.54, 1.807) is 13.0 Å². The average molecular weight is 500 g/mol. The summed E-state index contributed by atoms with van der Waals surface area (Å²) in [6, 6.07) is 21.2. The van der Waals surface area contributed by atoms with E-state index in [2.05, 4.69) is 24.5 Å². The van der Waals surface area contributed by atoms with E-state index in [-0.39, 0.29) is 5.82 Å². The third-order valence-corrected chi connectivity index (χ3v) is 7.71. The first-order chi connectivity index (χ1) is 17.7. The van der Waals surface area contributed by atoms with Crippen LogP contribution in [0.3, 0.4) is 0 Å². The Morgan fingerprint density at radius 2 is 1.86 bits per heavy atom. The number of carboxylic acid groups (broad SMARTS) is 1. The van der Waals surface area contributed by atoms with Gasteiger partial charge in [0.15, 0.2) is 0 Å². The monoisotopic (exact) mass is 499 g/mol. The number of halogens is 1. The lowest BCUT2D eigenvalue weighted by molar-refractivity contribution is -0.218. The van der Waals surface area contributed by atoms with E-state index in [9.17, 15) is 14.3 Å². The zero-order chi connectivity index (χ0) is 25.9. The number of aliphatic carboxylic acids is 1. The van der Waals surface area contributed by atoms with Gasteiger partial charge >= 0.3 is 5.97 Å². The molecule has 1 saturated carbocycles. The van der Waals surface area contributed by atoms with Crippen LogP contribution in [0, 0.1) is 18.7 Å². The molecule has 37 heavy (non-hydrogen) atoms. The summed E-state index contributed by atoms with van der Waals surface area (Å²) in [4.78, 5) is 11.8. The number of rotatable bonds is 5. The van der Waals surface area contributed by atoms with Gasteiger partial charge in [-0.1, -0.05) is 36.4 Å². The third kappa shape index (κ3) is 3.91. The predicted octanol–water partition coefficient (Wildman–Crippen LogP) is 6.70. The molecule has 3 aromatic carbocycles. The van der Waals surface area contributed by atoms with E-state index in [1.165, 1.54) is 6.07 Å². The SMILES string of the molecule is Cc1cc(-n2c3c(c4c(OCc5ccccc5)cccc42)[C@]2(C[C@H](C(=O)O)C2)OC(C)(C)C3)ccc1F. The molecule has 2 heterocycles. The molecule has 1 aliphatic heterocycles. The maximum atomic E-state index is 14.2. The van der Waals surface area contributed by atoms with Crippen LogP contribution in [0.4, 0.5) is 4.39 Å². The Morgan fingerprint density at radius 3 is 2.57 bits per heavy atom. The summed E-state index contributed by atoms with van der Waals surface area (Å²) in [5, 5.41) is 10.7. The molecule has 0 saturated heterocycles. The molecule has 190 valence electrons. The van der Waals surface area contributed by atoms with Crippen LogP contribution in [-0.4, -0.2) is 21.2 Å². The number of nitrogens with zero attached hydrogens (tertiary/aromatic N) is 1. The molecule has 5 nitrogen and oxygen atoms in total. The first-order valence-electron chi connectivity index (χ1n) is 12.7. The largest absolute Gasteiger partial charge is 0.488 e. The average Bonchev–Trinajstić information content (AvgIpc) is 3.16. The highest BCUT2D eigenvalue weighted by atomic mass is 19.1. The molecule has 1 fully saturated rings. The van der Waals surface area contributed by atoms with Crippen molar-refractivity contribution in [2.24, 2.45) is 5.92 Å². The molecular weight excluding hydrogens is 469 g/mol. The minimum absolute atomic E-state index is 0.246. The van der Waals surface area contributed by atoms with Gasteiger partial charge < -0.3 is 19.1 Å². The van der Waals surface area contributed by atoms with Crippen molar-refractivity contribution in [3.05, 3.63) is 94.9 Å². The highest BCUT2D eigenvalue weighted by molar-refractivity contribution is 5.94. The van der Waals surface area contributed by atoms with Crippen LogP contribution >= 0.6 is 0 Å². The van der Waals surface area contributed by atoms with Gasteiger partial charge in [0, 0.05) is 28.8 Å². The lowest BCUT2D eigenvalue weighted by atomic mass is 9.64. The number of aromatic nitrogens is 1. The second-order valence-electron chi connectivity index (χ2n) is 11.0. The number of fused-ring (bicyclic) bond motifs is 4. The van der Waals surface area contributed by atoms with E-state index < -0.39 is 23.1 Å². The van der Waals surface area contributed by atoms with Gasteiger partial charge in [-0.05, 0) is 75.1 Å². The molecule has 2 aliphatic rings. The molecule has 6 rings (SSSR count). The molecule has 1 N–H and O–H groups in total. The summed E-state index contributed by atoms with van der Waals surface area (Å²) in [5.74, 6) is -0.760. The summed E-state index contributed by atoms with van der Waals surface area (Å²) in [5.41, 5.74) is 4.30. The summed E-state index contributed by atoms with van der Waals surface area (Å²) < 4.78 is 29.6. The quantitative estimate of drug-likeness (QED) is 0.332. The van der Waals surface area contributed by atoms with Crippen LogP contribution in [0.2, 0.25) is 0 Å². The predicted molar refractivity (Wildman–Crippen MR) is 140 cm³/mol. The lowest BCUT2D eigenvalue weighted by Crippen LogP contribution is -2.54. The Kier molecular flexibility index (Phi) is 5.42. The third-order valence-electron chi connectivity index (χ3n) is 7.71. The highest BCUT2D eigenvalue weighted by Crippen LogP contribution is 2.58. The Balaban J connectivity index is 1.59. The van der Waals surface area contributed by atoms with Crippen molar-refractivity contribution in [3.8, 4) is 11.4 Å². The van der Waals surface area contributed by atoms with Crippen molar-refractivity contribution in [1.29, 1.82) is 0 Å². The van der Waals surface area contributed by atoms with Crippen LogP contribution in [0.1, 0.15) is 49.1 Å². The number of carboxylic acids is 1. The maximum absolute atomic E-state index is 14.2.